The summed E-state index contributed by atoms with van der Waals surface area (Å²) in [7, 11) is 0. The quantitative estimate of drug-likeness (QED) is 0.430. The van der Waals surface area contributed by atoms with Crippen molar-refractivity contribution in [2.45, 2.75) is 43.9 Å². The van der Waals surface area contributed by atoms with Gasteiger partial charge in [-0.25, -0.2) is 0 Å². The van der Waals surface area contributed by atoms with Gasteiger partial charge in [0.2, 0.25) is 0 Å². The number of aliphatic hydroxyl groups excluding tert-OH is 2. The lowest BCUT2D eigenvalue weighted by molar-refractivity contribution is -0.319. The first-order chi connectivity index (χ1) is 6.59. The van der Waals surface area contributed by atoms with E-state index in [1.165, 1.54) is 0 Å². The number of nitrogens with two attached hydrogens (primary N) is 1. The Kier molecular flexibility index (Phi) is 2.74. The normalized spacial score (nSPS) is 54.0. The summed E-state index contributed by atoms with van der Waals surface area (Å²) in [4.78, 5) is 0. The predicted octanol–water partition coefficient (Wildman–Crippen LogP) is -1.85. The maximum atomic E-state index is 9.67. The van der Waals surface area contributed by atoms with Crippen molar-refractivity contribution in [2.75, 3.05) is 6.61 Å². The Bertz CT molecular complexity index is 212. The molecule has 2 heterocycles. The fraction of sp³-hybridized carbons (Fsp3) is 1.00. The highest BCUT2D eigenvalue weighted by Gasteiger charge is 2.46. The molecule has 0 aliphatic carbocycles. The zero-order chi connectivity index (χ0) is 10.3. The third kappa shape index (κ3) is 1.65. The van der Waals surface area contributed by atoms with Crippen molar-refractivity contribution in [3.63, 3.8) is 0 Å². The van der Waals surface area contributed by atoms with Crippen LogP contribution in [0.3, 0.4) is 0 Å². The molecular weight excluding hydrogens is 190 g/mol. The summed E-state index contributed by atoms with van der Waals surface area (Å²) >= 11 is 0. The molecule has 82 valence electrons. The summed E-state index contributed by atoms with van der Waals surface area (Å²) in [6.07, 6.45) is -4.37. The van der Waals surface area contributed by atoms with Crippen LogP contribution in [0, 0.1) is 0 Å². The van der Waals surface area contributed by atoms with Gasteiger partial charge in [-0.3, -0.25) is 0 Å². The predicted molar refractivity (Wildman–Crippen MR) is 45.1 cm³/mol. The zero-order valence-corrected chi connectivity index (χ0v) is 7.87. The number of aliphatic hydroxyl groups is 2. The van der Waals surface area contributed by atoms with E-state index in [0.717, 1.165) is 0 Å². The summed E-state index contributed by atoms with van der Waals surface area (Å²) in [5.41, 5.74) is 5.47. The molecule has 2 fully saturated rings. The average Bonchev–Trinajstić information content (AvgIpc) is 2.16. The second kappa shape index (κ2) is 3.73. The number of hydrogen-bond donors (Lipinski definition) is 3. The molecule has 6 heteroatoms. The Hall–Kier alpha value is -0.240. The van der Waals surface area contributed by atoms with Crippen LogP contribution in [0.25, 0.3) is 0 Å². The minimum Gasteiger partial charge on any atom is -0.387 e. The molecule has 6 nitrogen and oxygen atoms in total. The van der Waals surface area contributed by atoms with Gasteiger partial charge in [0, 0.05) is 0 Å². The highest BCUT2D eigenvalue weighted by Crippen LogP contribution is 2.26. The fourth-order valence-corrected chi connectivity index (χ4v) is 1.76. The summed E-state index contributed by atoms with van der Waals surface area (Å²) in [6, 6.07) is 0. The molecule has 4 N–H and O–H groups in total. The number of fused-ring (bicyclic) bond motifs is 1. The third-order valence-electron chi connectivity index (χ3n) is 2.57. The van der Waals surface area contributed by atoms with Crippen molar-refractivity contribution in [3.8, 4) is 0 Å². The van der Waals surface area contributed by atoms with Crippen LogP contribution in [0.2, 0.25) is 0 Å². The fourth-order valence-electron chi connectivity index (χ4n) is 1.76. The van der Waals surface area contributed by atoms with E-state index in [1.807, 2.05) is 0 Å². The summed E-state index contributed by atoms with van der Waals surface area (Å²) in [6.45, 7) is 2.05. The molecule has 0 spiro atoms. The van der Waals surface area contributed by atoms with Crippen molar-refractivity contribution in [1.82, 2.24) is 0 Å². The summed E-state index contributed by atoms with van der Waals surface area (Å²) in [5.74, 6) is 0. The zero-order valence-electron chi connectivity index (χ0n) is 7.87. The Labute approximate surface area is 81.6 Å². The SMILES string of the molecule is CC1OC[C@H]2OC(N)[C@H](O)[C@@H](O)[C@@H]2O1. The second-order valence-electron chi connectivity index (χ2n) is 3.62. The van der Waals surface area contributed by atoms with Crippen LogP contribution in [0.4, 0.5) is 0 Å². The molecule has 0 amide bonds. The molecule has 0 aromatic heterocycles. The monoisotopic (exact) mass is 205 g/mol. The molecule has 2 aliphatic heterocycles. The average molecular weight is 205 g/mol. The van der Waals surface area contributed by atoms with Gasteiger partial charge in [0.05, 0.1) is 6.61 Å². The van der Waals surface area contributed by atoms with E-state index in [0.29, 0.717) is 6.61 Å². The topological polar surface area (TPSA) is 94.2 Å². The van der Waals surface area contributed by atoms with E-state index in [9.17, 15) is 10.2 Å². The van der Waals surface area contributed by atoms with Crippen LogP contribution in [-0.2, 0) is 14.2 Å². The highest BCUT2D eigenvalue weighted by molar-refractivity contribution is 4.92. The van der Waals surface area contributed by atoms with Gasteiger partial charge in [0.1, 0.15) is 30.6 Å². The van der Waals surface area contributed by atoms with Gasteiger partial charge in [-0.05, 0) is 6.92 Å². The maximum Gasteiger partial charge on any atom is 0.155 e. The van der Waals surface area contributed by atoms with Gasteiger partial charge in [0.25, 0.3) is 0 Å². The van der Waals surface area contributed by atoms with Crippen molar-refractivity contribution >= 4 is 0 Å². The molecule has 6 atom stereocenters. The van der Waals surface area contributed by atoms with Gasteiger partial charge < -0.3 is 30.2 Å². The van der Waals surface area contributed by atoms with E-state index >= 15 is 0 Å². The van der Waals surface area contributed by atoms with E-state index < -0.39 is 36.9 Å². The van der Waals surface area contributed by atoms with E-state index in [1.54, 1.807) is 6.92 Å². The Morgan fingerprint density at radius 3 is 2.64 bits per heavy atom. The lowest BCUT2D eigenvalue weighted by atomic mass is 9.98. The van der Waals surface area contributed by atoms with Crippen LogP contribution in [0.5, 0.6) is 0 Å². The molecule has 2 aliphatic rings. The van der Waals surface area contributed by atoms with E-state index in [2.05, 4.69) is 0 Å². The van der Waals surface area contributed by atoms with Crippen LogP contribution in [0.15, 0.2) is 0 Å². The smallest absolute Gasteiger partial charge is 0.155 e. The number of hydrogen-bond acceptors (Lipinski definition) is 6. The lowest BCUT2D eigenvalue weighted by Crippen LogP contribution is -2.64. The molecule has 2 saturated heterocycles. The first-order valence-corrected chi connectivity index (χ1v) is 4.64. The molecule has 2 rings (SSSR count). The molecule has 0 aromatic carbocycles. The number of rotatable bonds is 0. The van der Waals surface area contributed by atoms with Gasteiger partial charge in [0.15, 0.2) is 6.29 Å². The standard InChI is InChI=1S/C8H15NO5/c1-3-12-2-4-7(13-3)5(10)6(11)8(9)14-4/h3-8,10-11H,2,9H2,1H3/t3?,4-,5-,6-,7-,8?/m1/s1. The van der Waals surface area contributed by atoms with Gasteiger partial charge in [-0.2, -0.15) is 0 Å². The van der Waals surface area contributed by atoms with Crippen LogP contribution in [-0.4, -0.2) is 53.8 Å². The van der Waals surface area contributed by atoms with Crippen molar-refractivity contribution < 1.29 is 24.4 Å². The summed E-state index contributed by atoms with van der Waals surface area (Å²) in [5, 5.41) is 19.1. The van der Waals surface area contributed by atoms with Gasteiger partial charge >= 0.3 is 0 Å². The first-order valence-electron chi connectivity index (χ1n) is 4.64. The molecule has 0 radical (unpaired) electrons. The second-order valence-corrected chi connectivity index (χ2v) is 3.62. The van der Waals surface area contributed by atoms with E-state index in [4.69, 9.17) is 19.9 Å². The van der Waals surface area contributed by atoms with Crippen molar-refractivity contribution in [2.24, 2.45) is 5.73 Å². The highest BCUT2D eigenvalue weighted by atomic mass is 16.7. The first kappa shape index (κ1) is 10.3. The Morgan fingerprint density at radius 2 is 1.93 bits per heavy atom. The Morgan fingerprint density at radius 1 is 1.21 bits per heavy atom. The van der Waals surface area contributed by atoms with E-state index in [-0.39, 0.29) is 0 Å². The minimum atomic E-state index is -1.11. The molecule has 0 saturated carbocycles. The van der Waals surface area contributed by atoms with Gasteiger partial charge in [-0.15, -0.1) is 0 Å². The van der Waals surface area contributed by atoms with Crippen LogP contribution < -0.4 is 5.73 Å². The molecule has 0 bridgehead atoms. The largest absolute Gasteiger partial charge is 0.387 e. The molecule has 2 unspecified atom stereocenters. The lowest BCUT2D eigenvalue weighted by Gasteiger charge is -2.44. The molecule has 14 heavy (non-hydrogen) atoms. The van der Waals surface area contributed by atoms with Crippen molar-refractivity contribution in [1.29, 1.82) is 0 Å². The molecule has 0 aromatic rings. The molecular formula is C8H15NO5. The van der Waals surface area contributed by atoms with Crippen LogP contribution >= 0.6 is 0 Å². The van der Waals surface area contributed by atoms with Gasteiger partial charge in [-0.1, -0.05) is 0 Å². The van der Waals surface area contributed by atoms with Crippen LogP contribution in [0.1, 0.15) is 6.92 Å². The third-order valence-corrected chi connectivity index (χ3v) is 2.57. The van der Waals surface area contributed by atoms with Crippen molar-refractivity contribution in [3.05, 3.63) is 0 Å². The minimum absolute atomic E-state index is 0.323. The summed E-state index contributed by atoms with van der Waals surface area (Å²) < 4.78 is 15.7. The maximum absolute atomic E-state index is 9.67. The Balaban J connectivity index is 2.08. The number of ether oxygens (including phenoxy) is 3.